The van der Waals surface area contributed by atoms with Gasteiger partial charge in [0.15, 0.2) is 0 Å². The normalized spacial score (nSPS) is 12.6. The minimum atomic E-state index is -3.96. The van der Waals surface area contributed by atoms with Crippen LogP contribution in [0.1, 0.15) is 10.4 Å². The van der Waals surface area contributed by atoms with Gasteiger partial charge >= 0.3 is 0 Å². The van der Waals surface area contributed by atoms with Crippen molar-refractivity contribution in [1.29, 1.82) is 0 Å². The molecule has 1 aromatic carbocycles. The second kappa shape index (κ2) is 6.15. The van der Waals surface area contributed by atoms with Crippen molar-refractivity contribution >= 4 is 26.7 Å². The van der Waals surface area contributed by atoms with Crippen molar-refractivity contribution < 1.29 is 17.4 Å². The topological polar surface area (TPSA) is 93.2 Å². The molecule has 0 saturated heterocycles. The summed E-state index contributed by atoms with van der Waals surface area (Å²) in [5, 5.41) is 0. The van der Waals surface area contributed by atoms with E-state index in [1.807, 2.05) is 4.72 Å². The Kier molecular flexibility index (Phi) is 4.49. The number of benzene rings is 1. The van der Waals surface area contributed by atoms with Gasteiger partial charge in [0.1, 0.15) is 4.90 Å². The van der Waals surface area contributed by atoms with Crippen LogP contribution in [0.4, 0.5) is 0 Å². The summed E-state index contributed by atoms with van der Waals surface area (Å²) in [5.74, 6) is -0.757. The van der Waals surface area contributed by atoms with Gasteiger partial charge in [-0.05, 0) is 36.4 Å². The number of pyridine rings is 1. The zero-order valence-corrected chi connectivity index (χ0v) is 12.6. The van der Waals surface area contributed by atoms with Gasteiger partial charge in [-0.15, -0.1) is 0 Å². The van der Waals surface area contributed by atoms with Gasteiger partial charge in [-0.1, -0.05) is 0 Å². The highest BCUT2D eigenvalue weighted by atomic mass is 32.2. The molecule has 0 bridgehead atoms. The summed E-state index contributed by atoms with van der Waals surface area (Å²) in [6.45, 7) is 0. The Morgan fingerprint density at radius 2 is 1.86 bits per heavy atom. The number of aromatic nitrogens is 1. The predicted molar refractivity (Wildman–Crippen MR) is 77.7 cm³/mol. The molecule has 0 aliphatic carbocycles. The van der Waals surface area contributed by atoms with Crippen LogP contribution in [0.5, 0.6) is 0 Å². The molecule has 0 aliphatic rings. The van der Waals surface area contributed by atoms with E-state index in [0.717, 1.165) is 6.20 Å². The Morgan fingerprint density at radius 3 is 2.38 bits per heavy atom. The van der Waals surface area contributed by atoms with E-state index >= 15 is 0 Å². The minimum Gasteiger partial charge on any atom is -0.268 e. The van der Waals surface area contributed by atoms with Crippen LogP contribution in [-0.2, 0) is 20.8 Å². The van der Waals surface area contributed by atoms with E-state index in [2.05, 4.69) is 4.98 Å². The fourth-order valence-corrected chi connectivity index (χ4v) is 3.00. The van der Waals surface area contributed by atoms with E-state index in [4.69, 9.17) is 0 Å². The first kappa shape index (κ1) is 15.3. The summed E-state index contributed by atoms with van der Waals surface area (Å²) in [6, 6.07) is 8.68. The lowest BCUT2D eigenvalue weighted by atomic mass is 10.2. The molecule has 1 amide bonds. The zero-order chi connectivity index (χ0) is 15.5. The molecule has 110 valence electrons. The van der Waals surface area contributed by atoms with Crippen molar-refractivity contribution in [3.05, 3.63) is 54.4 Å². The molecule has 0 saturated carbocycles. The lowest BCUT2D eigenvalue weighted by Gasteiger charge is -2.06. The lowest BCUT2D eigenvalue weighted by Crippen LogP contribution is -2.30. The van der Waals surface area contributed by atoms with Crippen LogP contribution < -0.4 is 4.72 Å². The Bertz CT molecular complexity index is 772. The molecule has 1 heterocycles. The molecule has 8 heteroatoms. The molecule has 0 aliphatic heterocycles. The summed E-state index contributed by atoms with van der Waals surface area (Å²) in [5.41, 5.74) is 0.164. The summed E-state index contributed by atoms with van der Waals surface area (Å²) in [7, 11) is -5.11. The van der Waals surface area contributed by atoms with Gasteiger partial charge in [0.25, 0.3) is 15.9 Å². The lowest BCUT2D eigenvalue weighted by molar-refractivity contribution is 0.0981. The van der Waals surface area contributed by atoms with E-state index in [9.17, 15) is 17.4 Å². The molecule has 2 aromatic rings. The second-order valence-corrected chi connectivity index (χ2v) is 7.16. The van der Waals surface area contributed by atoms with E-state index in [0.29, 0.717) is 4.90 Å². The largest absolute Gasteiger partial charge is 0.268 e. The zero-order valence-electron chi connectivity index (χ0n) is 11.0. The number of carbonyl (C=O) groups is 1. The Labute approximate surface area is 124 Å². The van der Waals surface area contributed by atoms with Crippen molar-refractivity contribution in [2.24, 2.45) is 0 Å². The minimum absolute atomic E-state index is 0.0929. The van der Waals surface area contributed by atoms with E-state index in [1.54, 1.807) is 0 Å². The maximum atomic E-state index is 12.0. The molecule has 1 aromatic heterocycles. The van der Waals surface area contributed by atoms with E-state index in [-0.39, 0.29) is 10.5 Å². The van der Waals surface area contributed by atoms with Crippen LogP contribution in [0.15, 0.2) is 58.6 Å². The second-order valence-electron chi connectivity index (χ2n) is 4.10. The highest BCUT2D eigenvalue weighted by Gasteiger charge is 2.18. The predicted octanol–water partition coefficient (Wildman–Crippen LogP) is 0.938. The molecule has 0 spiro atoms. The average molecular weight is 324 g/mol. The van der Waals surface area contributed by atoms with Crippen molar-refractivity contribution in [3.8, 4) is 0 Å². The third kappa shape index (κ3) is 3.73. The SMILES string of the molecule is C[S@](=O)c1ccc(C(=O)NS(=O)(=O)c2cccnc2)cc1. The molecule has 0 fully saturated rings. The maximum Gasteiger partial charge on any atom is 0.265 e. The van der Waals surface area contributed by atoms with Gasteiger partial charge < -0.3 is 0 Å². The molecular formula is C13H12N2O4S2. The number of carbonyl (C=O) groups excluding carboxylic acids is 1. The first-order valence-corrected chi connectivity index (χ1v) is 8.85. The van der Waals surface area contributed by atoms with Crippen LogP contribution in [0.25, 0.3) is 0 Å². The smallest absolute Gasteiger partial charge is 0.265 e. The molecule has 6 nitrogen and oxygen atoms in total. The molecule has 21 heavy (non-hydrogen) atoms. The number of nitrogens with one attached hydrogen (secondary N) is 1. The monoisotopic (exact) mass is 324 g/mol. The number of hydrogen-bond acceptors (Lipinski definition) is 5. The average Bonchev–Trinajstić information content (AvgIpc) is 2.48. The van der Waals surface area contributed by atoms with Gasteiger partial charge in [0.05, 0.1) is 0 Å². The van der Waals surface area contributed by atoms with Crippen molar-refractivity contribution in [2.75, 3.05) is 6.26 Å². The van der Waals surface area contributed by atoms with Gasteiger partial charge in [0.2, 0.25) is 0 Å². The number of rotatable bonds is 4. The first-order valence-electron chi connectivity index (χ1n) is 5.81. The number of hydrogen-bond donors (Lipinski definition) is 1. The molecule has 1 N–H and O–H groups in total. The highest BCUT2D eigenvalue weighted by Crippen LogP contribution is 2.10. The van der Waals surface area contributed by atoms with Gasteiger partial charge in [-0.25, -0.2) is 13.1 Å². The third-order valence-corrected chi connectivity index (χ3v) is 4.87. The summed E-state index contributed by atoms with van der Waals surface area (Å²) < 4.78 is 37.1. The van der Waals surface area contributed by atoms with Crippen molar-refractivity contribution in [2.45, 2.75) is 9.79 Å². The maximum absolute atomic E-state index is 12.0. The van der Waals surface area contributed by atoms with Gasteiger partial charge in [-0.2, -0.15) is 0 Å². The molecule has 2 rings (SSSR count). The standard InChI is InChI=1S/C13H12N2O4S2/c1-20(17)11-6-4-10(5-7-11)13(16)15-21(18,19)12-3-2-8-14-9-12/h2-9H,1H3,(H,15,16)/t20-/m0/s1. The number of nitrogens with zero attached hydrogens (tertiary/aromatic N) is 1. The van der Waals surface area contributed by atoms with E-state index in [1.165, 1.54) is 48.9 Å². The fourth-order valence-electron chi connectivity index (χ4n) is 1.54. The van der Waals surface area contributed by atoms with Crippen LogP contribution in [0, 0.1) is 0 Å². The molecule has 0 radical (unpaired) electrons. The van der Waals surface area contributed by atoms with Crippen LogP contribution >= 0.6 is 0 Å². The first-order chi connectivity index (χ1) is 9.90. The third-order valence-electron chi connectivity index (χ3n) is 2.62. The number of amides is 1. The molecule has 1 atom stereocenters. The summed E-state index contributed by atoms with van der Waals surface area (Å²) in [4.78, 5) is 16.1. The van der Waals surface area contributed by atoms with Crippen molar-refractivity contribution in [1.82, 2.24) is 9.71 Å². The Hall–Kier alpha value is -2.06. The Morgan fingerprint density at radius 1 is 1.19 bits per heavy atom. The summed E-state index contributed by atoms with van der Waals surface area (Å²) in [6.07, 6.45) is 4.10. The quantitative estimate of drug-likeness (QED) is 0.903. The molecular weight excluding hydrogens is 312 g/mol. The van der Waals surface area contributed by atoms with Crippen molar-refractivity contribution in [3.63, 3.8) is 0 Å². The van der Waals surface area contributed by atoms with Crippen LogP contribution in [0.3, 0.4) is 0 Å². The fraction of sp³-hybridized carbons (Fsp3) is 0.0769. The molecule has 0 unspecified atom stereocenters. The van der Waals surface area contributed by atoms with Gasteiger partial charge in [-0.3, -0.25) is 14.0 Å². The van der Waals surface area contributed by atoms with Gasteiger partial charge in [0, 0.05) is 39.9 Å². The highest BCUT2D eigenvalue weighted by molar-refractivity contribution is 7.90. The summed E-state index contributed by atoms with van der Waals surface area (Å²) >= 11 is 0. The Balaban J connectivity index is 2.20. The van der Waals surface area contributed by atoms with Crippen LogP contribution in [0.2, 0.25) is 0 Å². The van der Waals surface area contributed by atoms with E-state index < -0.39 is 26.7 Å². The van der Waals surface area contributed by atoms with Crippen LogP contribution in [-0.4, -0.2) is 29.8 Å². The number of sulfonamides is 1.